The standard InChI is InChI=1S/C8H12N4O/c1-12-4-10-3-7(12)8(13)11-6-2-5(6)9/h3-6H,2,9H2,1H3,(H,11,13). The first-order valence-corrected chi connectivity index (χ1v) is 4.21. The maximum Gasteiger partial charge on any atom is 0.269 e. The molecule has 1 aliphatic rings. The topological polar surface area (TPSA) is 72.9 Å². The fourth-order valence-corrected chi connectivity index (χ4v) is 1.20. The summed E-state index contributed by atoms with van der Waals surface area (Å²) in [6, 6.07) is 0.291. The second-order valence-corrected chi connectivity index (χ2v) is 3.37. The van der Waals surface area contributed by atoms with Gasteiger partial charge in [-0.2, -0.15) is 0 Å². The Morgan fingerprint density at radius 3 is 3.00 bits per heavy atom. The van der Waals surface area contributed by atoms with Crippen LogP contribution in [0.1, 0.15) is 16.9 Å². The van der Waals surface area contributed by atoms with Crippen molar-refractivity contribution in [1.29, 1.82) is 0 Å². The summed E-state index contributed by atoms with van der Waals surface area (Å²) < 4.78 is 1.68. The van der Waals surface area contributed by atoms with E-state index in [0.717, 1.165) is 6.42 Å². The maximum absolute atomic E-state index is 11.5. The van der Waals surface area contributed by atoms with Gasteiger partial charge in [-0.15, -0.1) is 0 Å². The van der Waals surface area contributed by atoms with Crippen LogP contribution in [0.4, 0.5) is 0 Å². The number of nitrogens with one attached hydrogen (secondary N) is 1. The molecule has 2 rings (SSSR count). The van der Waals surface area contributed by atoms with Gasteiger partial charge in [0.25, 0.3) is 5.91 Å². The molecular formula is C8H12N4O. The number of hydrogen-bond acceptors (Lipinski definition) is 3. The van der Waals surface area contributed by atoms with Gasteiger partial charge in [0.05, 0.1) is 12.5 Å². The molecule has 5 nitrogen and oxygen atoms in total. The van der Waals surface area contributed by atoms with Crippen LogP contribution in [0.3, 0.4) is 0 Å². The number of nitrogens with two attached hydrogens (primary N) is 1. The summed E-state index contributed by atoms with van der Waals surface area (Å²) in [6.45, 7) is 0. The Labute approximate surface area is 75.9 Å². The zero-order chi connectivity index (χ0) is 9.42. The van der Waals surface area contributed by atoms with Gasteiger partial charge in [-0.05, 0) is 6.42 Å². The third-order valence-corrected chi connectivity index (χ3v) is 2.21. The molecule has 0 aromatic carbocycles. The average Bonchev–Trinajstić information content (AvgIpc) is 2.62. The van der Waals surface area contributed by atoms with E-state index in [0.29, 0.717) is 5.69 Å². The van der Waals surface area contributed by atoms with E-state index in [1.54, 1.807) is 24.1 Å². The van der Waals surface area contributed by atoms with Crippen molar-refractivity contribution in [1.82, 2.24) is 14.9 Å². The Morgan fingerprint density at radius 2 is 2.54 bits per heavy atom. The van der Waals surface area contributed by atoms with Crippen molar-refractivity contribution in [2.45, 2.75) is 18.5 Å². The minimum absolute atomic E-state index is 0.0991. The number of aryl methyl sites for hydroxylation is 1. The number of nitrogens with zero attached hydrogens (tertiary/aromatic N) is 2. The highest BCUT2D eigenvalue weighted by atomic mass is 16.2. The van der Waals surface area contributed by atoms with Gasteiger partial charge in [-0.1, -0.05) is 0 Å². The molecule has 1 saturated carbocycles. The van der Waals surface area contributed by atoms with E-state index >= 15 is 0 Å². The first-order valence-electron chi connectivity index (χ1n) is 4.21. The molecule has 0 bridgehead atoms. The highest BCUT2D eigenvalue weighted by Gasteiger charge is 2.35. The van der Waals surface area contributed by atoms with E-state index in [4.69, 9.17) is 5.73 Å². The minimum atomic E-state index is -0.0991. The fraction of sp³-hybridized carbons (Fsp3) is 0.500. The summed E-state index contributed by atoms with van der Waals surface area (Å²) in [7, 11) is 1.79. The number of aromatic nitrogens is 2. The van der Waals surface area contributed by atoms with Crippen LogP contribution in [-0.2, 0) is 7.05 Å². The third kappa shape index (κ3) is 1.55. The van der Waals surface area contributed by atoms with Crippen LogP contribution in [0.5, 0.6) is 0 Å². The van der Waals surface area contributed by atoms with Gasteiger partial charge < -0.3 is 15.6 Å². The van der Waals surface area contributed by atoms with Crippen molar-refractivity contribution in [3.63, 3.8) is 0 Å². The lowest BCUT2D eigenvalue weighted by molar-refractivity contribution is 0.0942. The smallest absolute Gasteiger partial charge is 0.269 e. The Hall–Kier alpha value is -1.36. The first kappa shape index (κ1) is 8.25. The van der Waals surface area contributed by atoms with Crippen LogP contribution in [0.25, 0.3) is 0 Å². The molecule has 1 fully saturated rings. The van der Waals surface area contributed by atoms with Crippen molar-refractivity contribution in [3.8, 4) is 0 Å². The number of rotatable bonds is 2. The highest BCUT2D eigenvalue weighted by Crippen LogP contribution is 2.18. The normalized spacial score (nSPS) is 25.7. The number of carbonyl (C=O) groups excluding carboxylic acids is 1. The predicted octanol–water partition coefficient (Wildman–Crippen LogP) is -0.750. The molecule has 70 valence electrons. The quantitative estimate of drug-likeness (QED) is 0.629. The summed E-state index contributed by atoms with van der Waals surface area (Å²) in [5.74, 6) is -0.0991. The summed E-state index contributed by atoms with van der Waals surface area (Å²) in [5.41, 5.74) is 6.14. The molecule has 0 spiro atoms. The number of imidazole rings is 1. The van der Waals surface area contributed by atoms with E-state index in [1.165, 1.54) is 0 Å². The Bertz CT molecular complexity index is 333. The summed E-state index contributed by atoms with van der Waals surface area (Å²) in [6.07, 6.45) is 4.02. The SMILES string of the molecule is Cn1cncc1C(=O)NC1CC1N. The molecule has 1 aromatic rings. The number of carbonyl (C=O) groups is 1. The molecule has 1 aliphatic carbocycles. The van der Waals surface area contributed by atoms with Crippen LogP contribution < -0.4 is 11.1 Å². The highest BCUT2D eigenvalue weighted by molar-refractivity contribution is 5.92. The molecule has 0 radical (unpaired) electrons. The van der Waals surface area contributed by atoms with Crippen LogP contribution in [0.2, 0.25) is 0 Å². The minimum Gasteiger partial charge on any atom is -0.346 e. The predicted molar refractivity (Wildman–Crippen MR) is 47.1 cm³/mol. The van der Waals surface area contributed by atoms with Crippen molar-refractivity contribution in [3.05, 3.63) is 18.2 Å². The largest absolute Gasteiger partial charge is 0.346 e. The van der Waals surface area contributed by atoms with E-state index < -0.39 is 0 Å². The molecule has 13 heavy (non-hydrogen) atoms. The van der Waals surface area contributed by atoms with Crippen molar-refractivity contribution < 1.29 is 4.79 Å². The summed E-state index contributed by atoms with van der Waals surface area (Å²) in [5, 5.41) is 2.82. The Morgan fingerprint density at radius 1 is 1.85 bits per heavy atom. The first-order chi connectivity index (χ1) is 6.18. The molecule has 3 N–H and O–H groups in total. The van der Waals surface area contributed by atoms with Gasteiger partial charge in [0.1, 0.15) is 5.69 Å². The van der Waals surface area contributed by atoms with Gasteiger partial charge >= 0.3 is 0 Å². The Kier molecular flexibility index (Phi) is 1.81. The van der Waals surface area contributed by atoms with Gasteiger partial charge in [-0.3, -0.25) is 4.79 Å². The molecular weight excluding hydrogens is 168 g/mol. The monoisotopic (exact) mass is 180 g/mol. The van der Waals surface area contributed by atoms with Crippen LogP contribution >= 0.6 is 0 Å². The molecule has 1 heterocycles. The molecule has 1 aromatic heterocycles. The summed E-state index contributed by atoms with van der Waals surface area (Å²) in [4.78, 5) is 15.4. The van der Waals surface area contributed by atoms with Crippen molar-refractivity contribution in [2.24, 2.45) is 12.8 Å². The molecule has 5 heteroatoms. The van der Waals surface area contributed by atoms with Crippen LogP contribution in [0, 0.1) is 0 Å². The third-order valence-electron chi connectivity index (χ3n) is 2.21. The van der Waals surface area contributed by atoms with E-state index in [9.17, 15) is 4.79 Å². The van der Waals surface area contributed by atoms with E-state index in [-0.39, 0.29) is 18.0 Å². The zero-order valence-electron chi connectivity index (χ0n) is 7.40. The lowest BCUT2D eigenvalue weighted by Gasteiger charge is -2.03. The van der Waals surface area contributed by atoms with E-state index in [1.807, 2.05) is 0 Å². The maximum atomic E-state index is 11.5. The zero-order valence-corrected chi connectivity index (χ0v) is 7.40. The molecule has 2 unspecified atom stereocenters. The van der Waals surface area contributed by atoms with Crippen LogP contribution in [-0.4, -0.2) is 27.5 Å². The van der Waals surface area contributed by atoms with Gasteiger partial charge in [0, 0.05) is 19.1 Å². The molecule has 1 amide bonds. The average molecular weight is 180 g/mol. The summed E-state index contributed by atoms with van der Waals surface area (Å²) >= 11 is 0. The second-order valence-electron chi connectivity index (χ2n) is 3.37. The molecule has 2 atom stereocenters. The number of hydrogen-bond donors (Lipinski definition) is 2. The lowest BCUT2D eigenvalue weighted by atomic mass is 10.4. The molecule has 0 aliphatic heterocycles. The fourth-order valence-electron chi connectivity index (χ4n) is 1.20. The van der Waals surface area contributed by atoms with Gasteiger partial charge in [-0.25, -0.2) is 4.98 Å². The van der Waals surface area contributed by atoms with Crippen molar-refractivity contribution in [2.75, 3.05) is 0 Å². The second kappa shape index (κ2) is 2.85. The van der Waals surface area contributed by atoms with Crippen LogP contribution in [0.15, 0.2) is 12.5 Å². The van der Waals surface area contributed by atoms with Crippen molar-refractivity contribution >= 4 is 5.91 Å². The Balaban J connectivity index is 2.01. The molecule has 0 saturated heterocycles. The van der Waals surface area contributed by atoms with Gasteiger partial charge in [0.2, 0.25) is 0 Å². The lowest BCUT2D eigenvalue weighted by Crippen LogP contribution is -2.30. The van der Waals surface area contributed by atoms with Gasteiger partial charge in [0.15, 0.2) is 0 Å². The number of amides is 1. The van der Waals surface area contributed by atoms with E-state index in [2.05, 4.69) is 10.3 Å².